The molecule has 166 valence electrons. The van der Waals surface area contributed by atoms with Crippen molar-refractivity contribution in [1.29, 1.82) is 0 Å². The highest BCUT2D eigenvalue weighted by molar-refractivity contribution is 5.90. The minimum atomic E-state index is -0.569. The Bertz CT molecular complexity index is 843. The van der Waals surface area contributed by atoms with Crippen molar-refractivity contribution in [1.82, 2.24) is 0 Å². The molecule has 0 radical (unpaired) electrons. The quantitative estimate of drug-likeness (QED) is 0.249. The fraction of sp³-hybridized carbons (Fsp3) is 0.320. The van der Waals surface area contributed by atoms with Gasteiger partial charge in [-0.15, -0.1) is 0 Å². The van der Waals surface area contributed by atoms with Gasteiger partial charge in [-0.3, -0.25) is 0 Å². The van der Waals surface area contributed by atoms with Gasteiger partial charge in [-0.1, -0.05) is 45.1 Å². The van der Waals surface area contributed by atoms with Crippen LogP contribution in [0.2, 0.25) is 0 Å². The number of rotatable bonds is 8. The van der Waals surface area contributed by atoms with Crippen LogP contribution in [0, 0.1) is 0 Å². The zero-order valence-electron chi connectivity index (χ0n) is 18.4. The summed E-state index contributed by atoms with van der Waals surface area (Å²) in [6, 6.07) is 5.98. The lowest BCUT2D eigenvalue weighted by atomic mass is 10.1. The van der Waals surface area contributed by atoms with E-state index in [1.165, 1.54) is 43.7 Å². The lowest BCUT2D eigenvalue weighted by molar-refractivity contribution is -0.140. The van der Waals surface area contributed by atoms with Gasteiger partial charge < -0.3 is 14.2 Å². The zero-order chi connectivity index (χ0) is 23.1. The first-order valence-corrected chi connectivity index (χ1v) is 10.2. The van der Waals surface area contributed by atoms with E-state index in [4.69, 9.17) is 14.2 Å². The van der Waals surface area contributed by atoms with Gasteiger partial charge in [0.25, 0.3) is 0 Å². The maximum absolute atomic E-state index is 11.9. The largest absolute Gasteiger partial charge is 0.459 e. The summed E-state index contributed by atoms with van der Waals surface area (Å²) in [4.78, 5) is 35.0. The van der Waals surface area contributed by atoms with Crippen molar-refractivity contribution in [2.45, 2.75) is 40.0 Å². The average molecular weight is 427 g/mol. The molecule has 0 N–H and O–H groups in total. The summed E-state index contributed by atoms with van der Waals surface area (Å²) in [5.41, 5.74) is 1.53. The monoisotopic (exact) mass is 426 g/mol. The topological polar surface area (TPSA) is 78.9 Å². The second kappa shape index (κ2) is 14.6. The Kier molecular flexibility index (Phi) is 12.0. The minimum Gasteiger partial charge on any atom is -0.459 e. The van der Waals surface area contributed by atoms with Crippen molar-refractivity contribution in [3.63, 3.8) is 0 Å². The van der Waals surface area contributed by atoms with Crippen molar-refractivity contribution in [3.8, 4) is 5.75 Å². The number of allylic oxidation sites excluding steroid dienone is 5. The normalized spacial score (nSPS) is 12.3. The van der Waals surface area contributed by atoms with Crippen molar-refractivity contribution in [2.24, 2.45) is 0 Å². The standard InChI is InChI=1S/C22H22O6.C3H8/c1-16(2)21(24)26-14-15-27-22(25)18-9-11-19(12-10-18)28-20(23)13-8-17-6-4-3-5-7-17;1-3-2/h4,6-13H,1,3,5,14-15H2,2H3;3H2,1-2H3/b13-8+;. The third-order valence-electron chi connectivity index (χ3n) is 3.64. The number of benzene rings is 1. The van der Waals surface area contributed by atoms with Gasteiger partial charge in [0, 0.05) is 11.6 Å². The van der Waals surface area contributed by atoms with Crippen LogP contribution in [0.5, 0.6) is 5.75 Å². The molecule has 0 saturated carbocycles. The third-order valence-corrected chi connectivity index (χ3v) is 3.64. The smallest absolute Gasteiger partial charge is 0.338 e. The fourth-order valence-electron chi connectivity index (χ4n) is 2.21. The summed E-state index contributed by atoms with van der Waals surface area (Å²) >= 11 is 0. The first-order valence-electron chi connectivity index (χ1n) is 10.2. The van der Waals surface area contributed by atoms with Crippen LogP contribution in [0.15, 0.2) is 72.4 Å². The second-order valence-corrected chi connectivity index (χ2v) is 6.72. The molecule has 0 spiro atoms. The van der Waals surface area contributed by atoms with Crippen molar-refractivity contribution in [2.75, 3.05) is 13.2 Å². The number of hydrogen-bond acceptors (Lipinski definition) is 6. The molecule has 31 heavy (non-hydrogen) atoms. The van der Waals surface area contributed by atoms with E-state index in [0.717, 1.165) is 18.4 Å². The first-order chi connectivity index (χ1) is 14.9. The molecule has 0 heterocycles. The van der Waals surface area contributed by atoms with Gasteiger partial charge in [-0.2, -0.15) is 0 Å². The molecule has 0 unspecified atom stereocenters. The van der Waals surface area contributed by atoms with E-state index in [1.54, 1.807) is 6.08 Å². The zero-order valence-corrected chi connectivity index (χ0v) is 18.4. The Balaban J connectivity index is 0.00000151. The highest BCUT2D eigenvalue weighted by Crippen LogP contribution is 2.14. The molecule has 0 saturated heterocycles. The molecule has 1 aliphatic carbocycles. The predicted octanol–water partition coefficient (Wildman–Crippen LogP) is 5.12. The van der Waals surface area contributed by atoms with Crippen LogP contribution in [0.25, 0.3) is 0 Å². The van der Waals surface area contributed by atoms with Crippen LogP contribution in [-0.4, -0.2) is 31.1 Å². The van der Waals surface area contributed by atoms with Gasteiger partial charge in [0.15, 0.2) is 0 Å². The SMILES string of the molecule is C=C(C)C(=O)OCCOC(=O)c1ccc(OC(=O)/C=C/C2=CCCC=C2)cc1.CCC. The molecule has 0 fully saturated rings. The highest BCUT2D eigenvalue weighted by Gasteiger charge is 2.09. The first kappa shape index (κ1) is 25.6. The van der Waals surface area contributed by atoms with Gasteiger partial charge in [-0.05, 0) is 55.7 Å². The van der Waals surface area contributed by atoms with Crippen molar-refractivity contribution >= 4 is 17.9 Å². The van der Waals surface area contributed by atoms with Gasteiger partial charge in [0.2, 0.25) is 0 Å². The maximum atomic E-state index is 11.9. The van der Waals surface area contributed by atoms with Crippen LogP contribution < -0.4 is 4.74 Å². The molecular weight excluding hydrogens is 396 g/mol. The molecule has 0 amide bonds. The highest BCUT2D eigenvalue weighted by atomic mass is 16.6. The van der Waals surface area contributed by atoms with Gasteiger partial charge in [0.05, 0.1) is 5.56 Å². The van der Waals surface area contributed by atoms with E-state index >= 15 is 0 Å². The Hall–Kier alpha value is -3.41. The van der Waals surface area contributed by atoms with Gasteiger partial charge in [-0.25, -0.2) is 14.4 Å². The summed E-state index contributed by atoms with van der Waals surface area (Å²) in [5, 5.41) is 0. The Morgan fingerprint density at radius 2 is 1.68 bits per heavy atom. The minimum absolute atomic E-state index is 0.0505. The molecule has 6 nitrogen and oxygen atoms in total. The fourth-order valence-corrected chi connectivity index (χ4v) is 2.21. The molecule has 1 aromatic rings. The molecule has 6 heteroatoms. The molecule has 1 aliphatic rings. The molecule has 0 atom stereocenters. The number of ether oxygens (including phenoxy) is 3. The Morgan fingerprint density at radius 3 is 2.26 bits per heavy atom. The summed E-state index contributed by atoms with van der Waals surface area (Å²) < 4.78 is 15.0. The van der Waals surface area contributed by atoms with E-state index < -0.39 is 17.9 Å². The van der Waals surface area contributed by atoms with Crippen molar-refractivity contribution < 1.29 is 28.6 Å². The van der Waals surface area contributed by atoms with Gasteiger partial charge in [0.1, 0.15) is 19.0 Å². The summed E-state index contributed by atoms with van der Waals surface area (Å²) in [6.45, 7) is 9.12. The summed E-state index contributed by atoms with van der Waals surface area (Å²) in [5.74, 6) is -1.29. The van der Waals surface area contributed by atoms with Crippen LogP contribution >= 0.6 is 0 Å². The van der Waals surface area contributed by atoms with Crippen LogP contribution in [0.4, 0.5) is 0 Å². The van der Waals surface area contributed by atoms with E-state index in [0.29, 0.717) is 11.3 Å². The average Bonchev–Trinajstić information content (AvgIpc) is 2.76. The second-order valence-electron chi connectivity index (χ2n) is 6.72. The third kappa shape index (κ3) is 10.8. The van der Waals surface area contributed by atoms with E-state index in [2.05, 4.69) is 20.4 Å². The van der Waals surface area contributed by atoms with E-state index in [1.807, 2.05) is 18.2 Å². The lowest BCUT2D eigenvalue weighted by Gasteiger charge is -2.07. The number of hydrogen-bond donors (Lipinski definition) is 0. The van der Waals surface area contributed by atoms with E-state index in [-0.39, 0.29) is 18.8 Å². The molecule has 0 aliphatic heterocycles. The molecule has 1 aromatic carbocycles. The number of carbonyl (C=O) groups excluding carboxylic acids is 3. The molecule has 0 aromatic heterocycles. The van der Waals surface area contributed by atoms with Gasteiger partial charge >= 0.3 is 17.9 Å². The number of esters is 3. The van der Waals surface area contributed by atoms with Crippen LogP contribution in [0.3, 0.4) is 0 Å². The summed E-state index contributed by atoms with van der Waals surface area (Å²) in [6.07, 6.45) is 12.3. The Labute approximate surface area is 183 Å². The molecule has 0 bridgehead atoms. The van der Waals surface area contributed by atoms with Crippen molar-refractivity contribution in [3.05, 3.63) is 77.9 Å². The maximum Gasteiger partial charge on any atom is 0.338 e. The lowest BCUT2D eigenvalue weighted by Crippen LogP contribution is -2.14. The number of carbonyl (C=O) groups is 3. The molecule has 2 rings (SSSR count). The summed E-state index contributed by atoms with van der Waals surface area (Å²) in [7, 11) is 0. The van der Waals surface area contributed by atoms with E-state index in [9.17, 15) is 14.4 Å². The predicted molar refractivity (Wildman–Crippen MR) is 120 cm³/mol. The van der Waals surface area contributed by atoms with Crippen LogP contribution in [0.1, 0.15) is 50.4 Å². The van der Waals surface area contributed by atoms with Crippen LogP contribution in [-0.2, 0) is 19.1 Å². The Morgan fingerprint density at radius 1 is 1.03 bits per heavy atom. The molecular formula is C25H30O6.